The fourth-order valence-corrected chi connectivity index (χ4v) is 2.81. The Hall–Kier alpha value is -1.63. The smallest absolute Gasteiger partial charge is 0.325 e. The molecule has 0 atom stereocenters. The van der Waals surface area contributed by atoms with E-state index in [-0.39, 0.29) is 18.4 Å². The number of rotatable bonds is 5. The highest BCUT2D eigenvalue weighted by atomic mass is 16.5. The van der Waals surface area contributed by atoms with Gasteiger partial charge in [-0.1, -0.05) is 19.3 Å². The molecule has 2 aliphatic rings. The number of nitrogens with zero attached hydrogens (tertiary/aromatic N) is 1. The summed E-state index contributed by atoms with van der Waals surface area (Å²) in [5, 5.41) is 5.38. The van der Waals surface area contributed by atoms with E-state index < -0.39 is 11.6 Å². The van der Waals surface area contributed by atoms with Crippen LogP contribution in [-0.2, 0) is 14.3 Å². The number of imide groups is 1. The lowest BCUT2D eigenvalue weighted by Gasteiger charge is -2.30. The summed E-state index contributed by atoms with van der Waals surface area (Å²) in [4.78, 5) is 37.0. The molecule has 2 rings (SSSR count). The van der Waals surface area contributed by atoms with E-state index in [2.05, 4.69) is 10.6 Å². The average molecular weight is 283 g/mol. The van der Waals surface area contributed by atoms with Gasteiger partial charge in [0.2, 0.25) is 5.91 Å². The lowest BCUT2D eigenvalue weighted by Crippen LogP contribution is -2.49. The molecule has 1 heterocycles. The Morgan fingerprint density at radius 1 is 1.35 bits per heavy atom. The highest BCUT2D eigenvalue weighted by molar-refractivity contribution is 6.09. The van der Waals surface area contributed by atoms with Crippen LogP contribution < -0.4 is 10.6 Å². The van der Waals surface area contributed by atoms with Crippen LogP contribution in [0.3, 0.4) is 0 Å². The first-order valence-electron chi connectivity index (χ1n) is 6.99. The van der Waals surface area contributed by atoms with E-state index in [1.54, 1.807) is 0 Å². The van der Waals surface area contributed by atoms with E-state index in [1.807, 2.05) is 0 Å². The lowest BCUT2D eigenvalue weighted by molar-refractivity contribution is -0.135. The van der Waals surface area contributed by atoms with Gasteiger partial charge in [0.1, 0.15) is 12.1 Å². The van der Waals surface area contributed by atoms with Crippen molar-refractivity contribution in [3.05, 3.63) is 0 Å². The second-order valence-corrected chi connectivity index (χ2v) is 5.31. The van der Waals surface area contributed by atoms with Crippen molar-refractivity contribution in [2.45, 2.75) is 37.6 Å². The zero-order valence-electron chi connectivity index (χ0n) is 11.7. The van der Waals surface area contributed by atoms with E-state index in [0.717, 1.165) is 24.2 Å². The maximum absolute atomic E-state index is 12.4. The normalized spacial score (nSPS) is 21.1. The third-order valence-electron chi connectivity index (χ3n) is 3.88. The number of carbonyl (C=O) groups is 3. The van der Waals surface area contributed by atoms with E-state index >= 15 is 0 Å². The van der Waals surface area contributed by atoms with Gasteiger partial charge < -0.3 is 15.4 Å². The monoisotopic (exact) mass is 283 g/mol. The Labute approximate surface area is 118 Å². The fraction of sp³-hybridized carbons (Fsp3) is 0.769. The number of ether oxygens (including phenoxy) is 1. The quantitative estimate of drug-likeness (QED) is 0.549. The molecule has 1 saturated heterocycles. The molecule has 4 amide bonds. The summed E-state index contributed by atoms with van der Waals surface area (Å²) in [5.41, 5.74) is -0.762. The number of urea groups is 1. The van der Waals surface area contributed by atoms with Crippen LogP contribution in [0.25, 0.3) is 0 Å². The minimum Gasteiger partial charge on any atom is -0.383 e. The van der Waals surface area contributed by atoms with Gasteiger partial charge in [-0.3, -0.25) is 14.5 Å². The molecule has 7 nitrogen and oxygen atoms in total. The largest absolute Gasteiger partial charge is 0.383 e. The van der Waals surface area contributed by atoms with E-state index in [0.29, 0.717) is 26.0 Å². The minimum absolute atomic E-state index is 0.226. The van der Waals surface area contributed by atoms with Crippen LogP contribution in [0, 0.1) is 0 Å². The third-order valence-corrected chi connectivity index (χ3v) is 3.88. The van der Waals surface area contributed by atoms with Gasteiger partial charge in [0, 0.05) is 13.7 Å². The predicted molar refractivity (Wildman–Crippen MR) is 70.9 cm³/mol. The maximum atomic E-state index is 12.4. The van der Waals surface area contributed by atoms with Crippen molar-refractivity contribution in [1.29, 1.82) is 0 Å². The second kappa shape index (κ2) is 6.21. The molecule has 20 heavy (non-hydrogen) atoms. The molecule has 0 radical (unpaired) electrons. The van der Waals surface area contributed by atoms with Crippen LogP contribution in [-0.4, -0.2) is 55.1 Å². The molecule has 1 saturated carbocycles. The van der Waals surface area contributed by atoms with Gasteiger partial charge in [0.15, 0.2) is 0 Å². The highest BCUT2D eigenvalue weighted by Crippen LogP contribution is 2.33. The molecule has 112 valence electrons. The summed E-state index contributed by atoms with van der Waals surface area (Å²) >= 11 is 0. The van der Waals surface area contributed by atoms with Crippen molar-refractivity contribution < 1.29 is 19.1 Å². The van der Waals surface area contributed by atoms with Crippen LogP contribution >= 0.6 is 0 Å². The summed E-state index contributed by atoms with van der Waals surface area (Å²) in [7, 11) is 1.54. The Morgan fingerprint density at radius 3 is 2.70 bits per heavy atom. The number of hydrogen-bond acceptors (Lipinski definition) is 4. The molecule has 1 aliphatic carbocycles. The lowest BCUT2D eigenvalue weighted by atomic mass is 9.82. The minimum atomic E-state index is -0.762. The fourth-order valence-electron chi connectivity index (χ4n) is 2.81. The molecule has 0 aromatic carbocycles. The number of amides is 4. The predicted octanol–water partition coefficient (Wildman–Crippen LogP) is 0.00370. The van der Waals surface area contributed by atoms with Crippen molar-refractivity contribution in [3.8, 4) is 0 Å². The highest BCUT2D eigenvalue weighted by Gasteiger charge is 2.51. The SMILES string of the molecule is COCCNC(=O)CN1C(=O)NC2(CCCCC2)C1=O. The summed E-state index contributed by atoms with van der Waals surface area (Å²) in [6.07, 6.45) is 4.28. The van der Waals surface area contributed by atoms with E-state index in [9.17, 15) is 14.4 Å². The molecular weight excluding hydrogens is 262 g/mol. The van der Waals surface area contributed by atoms with Crippen molar-refractivity contribution in [2.24, 2.45) is 0 Å². The molecular formula is C13H21N3O4. The molecule has 0 bridgehead atoms. The second-order valence-electron chi connectivity index (χ2n) is 5.31. The molecule has 1 spiro atoms. The average Bonchev–Trinajstić information content (AvgIpc) is 2.65. The van der Waals surface area contributed by atoms with E-state index in [1.165, 1.54) is 7.11 Å². The van der Waals surface area contributed by atoms with Crippen molar-refractivity contribution >= 4 is 17.8 Å². The van der Waals surface area contributed by atoms with Crippen LogP contribution in [0.2, 0.25) is 0 Å². The van der Waals surface area contributed by atoms with Gasteiger partial charge in [-0.25, -0.2) is 4.79 Å². The Balaban J connectivity index is 1.93. The van der Waals surface area contributed by atoms with Crippen molar-refractivity contribution in [3.63, 3.8) is 0 Å². The molecule has 0 aromatic rings. The Bertz CT molecular complexity index is 404. The first kappa shape index (κ1) is 14.8. The Morgan fingerprint density at radius 2 is 2.05 bits per heavy atom. The standard InChI is InChI=1S/C13H21N3O4/c1-20-8-7-14-10(17)9-16-11(18)13(15-12(16)19)5-3-2-4-6-13/h2-9H2,1H3,(H,14,17)(H,15,19). The van der Waals surface area contributed by atoms with Gasteiger partial charge >= 0.3 is 6.03 Å². The summed E-state index contributed by atoms with van der Waals surface area (Å²) in [6.45, 7) is 0.538. The third kappa shape index (κ3) is 2.92. The summed E-state index contributed by atoms with van der Waals surface area (Å²) in [5.74, 6) is -0.609. The maximum Gasteiger partial charge on any atom is 0.325 e. The van der Waals surface area contributed by atoms with Crippen LogP contribution in [0.5, 0.6) is 0 Å². The van der Waals surface area contributed by atoms with Gasteiger partial charge in [-0.15, -0.1) is 0 Å². The molecule has 0 unspecified atom stereocenters. The molecule has 7 heteroatoms. The number of hydrogen-bond donors (Lipinski definition) is 2. The van der Waals surface area contributed by atoms with Gasteiger partial charge in [-0.05, 0) is 12.8 Å². The molecule has 2 N–H and O–H groups in total. The first-order chi connectivity index (χ1) is 9.59. The number of methoxy groups -OCH3 is 1. The zero-order valence-corrected chi connectivity index (χ0v) is 11.7. The molecule has 0 aromatic heterocycles. The summed E-state index contributed by atoms with van der Waals surface area (Å²) in [6, 6.07) is -0.459. The summed E-state index contributed by atoms with van der Waals surface area (Å²) < 4.78 is 4.82. The van der Waals surface area contributed by atoms with Gasteiger partial charge in [-0.2, -0.15) is 0 Å². The van der Waals surface area contributed by atoms with Gasteiger partial charge in [0.05, 0.1) is 6.61 Å². The van der Waals surface area contributed by atoms with E-state index in [4.69, 9.17) is 4.74 Å². The Kier molecular flexibility index (Phi) is 4.59. The van der Waals surface area contributed by atoms with Crippen LogP contribution in [0.4, 0.5) is 4.79 Å². The molecule has 1 aliphatic heterocycles. The van der Waals surface area contributed by atoms with Crippen molar-refractivity contribution in [1.82, 2.24) is 15.5 Å². The number of nitrogens with one attached hydrogen (secondary N) is 2. The van der Waals surface area contributed by atoms with Gasteiger partial charge in [0.25, 0.3) is 5.91 Å². The zero-order chi connectivity index (χ0) is 14.6. The first-order valence-corrected chi connectivity index (χ1v) is 6.99. The topological polar surface area (TPSA) is 87.7 Å². The van der Waals surface area contributed by atoms with Crippen LogP contribution in [0.1, 0.15) is 32.1 Å². The van der Waals surface area contributed by atoms with Crippen LogP contribution in [0.15, 0.2) is 0 Å². The van der Waals surface area contributed by atoms with Crippen molar-refractivity contribution in [2.75, 3.05) is 26.8 Å². The molecule has 2 fully saturated rings. The number of carbonyl (C=O) groups excluding carboxylic acids is 3.